The first-order chi connectivity index (χ1) is 16.4. The van der Waals surface area contributed by atoms with Crippen LogP contribution >= 0.6 is 0 Å². The lowest BCUT2D eigenvalue weighted by Gasteiger charge is -2.18. The number of aromatic nitrogens is 2. The van der Waals surface area contributed by atoms with Crippen LogP contribution in [0, 0.1) is 11.7 Å². The number of amides is 1. The lowest BCUT2D eigenvalue weighted by molar-refractivity contribution is -0.137. The van der Waals surface area contributed by atoms with Crippen molar-refractivity contribution in [2.45, 2.75) is 44.8 Å². The van der Waals surface area contributed by atoms with Crippen LogP contribution in [0.1, 0.15) is 48.2 Å². The van der Waals surface area contributed by atoms with Gasteiger partial charge in [-0.05, 0) is 48.6 Å². The van der Waals surface area contributed by atoms with Crippen molar-refractivity contribution in [2.75, 3.05) is 5.32 Å². The van der Waals surface area contributed by atoms with Crippen LogP contribution in [0.2, 0.25) is 0 Å². The quantitative estimate of drug-likeness (QED) is 0.415. The molecule has 6 nitrogen and oxygen atoms in total. The second-order valence-electron chi connectivity index (χ2n) is 9.14. The number of carboxylic acids is 1. The van der Waals surface area contributed by atoms with E-state index in [0.717, 1.165) is 12.1 Å². The number of alkyl halides is 3. The van der Waals surface area contributed by atoms with Gasteiger partial charge in [0, 0.05) is 29.6 Å². The Morgan fingerprint density at radius 1 is 1.17 bits per heavy atom. The number of carbonyl (C=O) groups excluding carboxylic acids is 1. The van der Waals surface area contributed by atoms with Gasteiger partial charge in [-0.1, -0.05) is 26.0 Å². The third-order valence-electron chi connectivity index (χ3n) is 6.00. The fourth-order valence-electron chi connectivity index (χ4n) is 4.10. The Kier molecular flexibility index (Phi) is 6.16. The highest BCUT2D eigenvalue weighted by Gasteiger charge is 2.53. The molecule has 184 valence electrons. The van der Waals surface area contributed by atoms with Gasteiger partial charge in [-0.2, -0.15) is 18.3 Å². The van der Waals surface area contributed by atoms with E-state index in [1.54, 1.807) is 23.1 Å². The lowest BCUT2D eigenvalue weighted by Crippen LogP contribution is -2.29. The Labute approximate surface area is 198 Å². The van der Waals surface area contributed by atoms with Gasteiger partial charge < -0.3 is 10.4 Å². The molecule has 2 N–H and O–H groups in total. The maximum absolute atomic E-state index is 14.5. The van der Waals surface area contributed by atoms with Gasteiger partial charge in [-0.3, -0.25) is 9.48 Å². The third-order valence-corrected chi connectivity index (χ3v) is 6.00. The van der Waals surface area contributed by atoms with Crippen LogP contribution in [-0.2, 0) is 22.9 Å². The molecule has 2 aromatic carbocycles. The van der Waals surface area contributed by atoms with Crippen molar-refractivity contribution in [2.24, 2.45) is 5.92 Å². The van der Waals surface area contributed by atoms with Gasteiger partial charge in [0.25, 0.3) is 0 Å². The molecule has 0 spiro atoms. The number of halogens is 4. The molecule has 1 aliphatic rings. The number of aromatic carboxylic acids is 1. The fourth-order valence-corrected chi connectivity index (χ4v) is 4.10. The molecule has 0 unspecified atom stereocenters. The van der Waals surface area contributed by atoms with Gasteiger partial charge >= 0.3 is 12.1 Å². The Balaban J connectivity index is 1.59. The van der Waals surface area contributed by atoms with E-state index in [2.05, 4.69) is 10.4 Å². The van der Waals surface area contributed by atoms with Crippen molar-refractivity contribution in [3.05, 3.63) is 71.3 Å². The van der Waals surface area contributed by atoms with Crippen LogP contribution in [0.3, 0.4) is 0 Å². The lowest BCUT2D eigenvalue weighted by atomic mass is 9.93. The summed E-state index contributed by atoms with van der Waals surface area (Å²) in [6, 6.07) is 6.51. The van der Waals surface area contributed by atoms with Crippen molar-refractivity contribution < 1.29 is 32.3 Å². The zero-order chi connectivity index (χ0) is 25.5. The number of anilines is 1. The smallest absolute Gasteiger partial charge is 0.416 e. The number of carboxylic acid groups (broad SMARTS) is 1. The minimum Gasteiger partial charge on any atom is -0.478 e. The van der Waals surface area contributed by atoms with Crippen molar-refractivity contribution in [3.63, 3.8) is 0 Å². The summed E-state index contributed by atoms with van der Waals surface area (Å²) in [5, 5.41) is 16.6. The number of rotatable bonds is 7. The molecular weight excluding hydrogens is 466 g/mol. The molecule has 1 saturated carbocycles. The number of hydrogen-bond donors (Lipinski definition) is 2. The Morgan fingerprint density at radius 3 is 2.46 bits per heavy atom. The second-order valence-corrected chi connectivity index (χ2v) is 9.14. The Bertz CT molecular complexity index is 1290. The predicted octanol–water partition coefficient (Wildman–Crippen LogP) is 5.73. The summed E-state index contributed by atoms with van der Waals surface area (Å²) in [4.78, 5) is 24.9. The maximum atomic E-state index is 14.5. The highest BCUT2D eigenvalue weighted by Crippen LogP contribution is 2.50. The zero-order valence-electron chi connectivity index (χ0n) is 19.0. The average Bonchev–Trinajstić information content (AvgIpc) is 3.45. The SMILES string of the molecule is CC(C)Cn1cc(-c2ccc(NC(=O)C3(c4ccc(C(F)(F)F)cc4F)CC3)cc2C(=O)O)cn1. The molecule has 0 radical (unpaired) electrons. The standard InChI is InChI=1S/C25H23F4N3O3/c1-14(2)12-32-13-15(11-30-32)18-5-4-17(10-19(18)22(33)34)31-23(35)24(7-8-24)20-6-3-16(9-21(20)26)25(27,28)29/h3-6,9-11,13-14H,7-8,12H2,1-2H3,(H,31,35)(H,33,34). The van der Waals surface area contributed by atoms with Gasteiger partial charge in [0.05, 0.1) is 22.7 Å². The second kappa shape index (κ2) is 8.83. The molecule has 3 aromatic rings. The third kappa shape index (κ3) is 4.91. The Hall–Kier alpha value is -3.69. The summed E-state index contributed by atoms with van der Waals surface area (Å²) in [5.74, 6) is -2.57. The first-order valence-electron chi connectivity index (χ1n) is 11.0. The molecule has 0 bridgehead atoms. The van der Waals surface area contributed by atoms with Crippen molar-refractivity contribution >= 4 is 17.6 Å². The van der Waals surface area contributed by atoms with E-state index in [9.17, 15) is 32.3 Å². The minimum absolute atomic E-state index is 0.0579. The van der Waals surface area contributed by atoms with Gasteiger partial charge in [-0.15, -0.1) is 0 Å². The van der Waals surface area contributed by atoms with Gasteiger partial charge in [-0.25, -0.2) is 9.18 Å². The van der Waals surface area contributed by atoms with E-state index >= 15 is 0 Å². The summed E-state index contributed by atoms with van der Waals surface area (Å²) >= 11 is 0. The number of carbonyl (C=O) groups is 2. The molecule has 1 amide bonds. The largest absolute Gasteiger partial charge is 0.478 e. The number of benzene rings is 2. The molecule has 0 aliphatic heterocycles. The van der Waals surface area contributed by atoms with E-state index in [4.69, 9.17) is 0 Å². The summed E-state index contributed by atoms with van der Waals surface area (Å²) < 4.78 is 54.9. The zero-order valence-corrected chi connectivity index (χ0v) is 19.0. The molecule has 1 aromatic heterocycles. The van der Waals surface area contributed by atoms with Crippen LogP contribution in [0.5, 0.6) is 0 Å². The van der Waals surface area contributed by atoms with Crippen LogP contribution in [0.15, 0.2) is 48.8 Å². The first kappa shape index (κ1) is 24.4. The molecule has 0 saturated heterocycles. The fraction of sp³-hybridized carbons (Fsp3) is 0.320. The van der Waals surface area contributed by atoms with E-state index in [1.165, 1.54) is 12.1 Å². The van der Waals surface area contributed by atoms with Gasteiger partial charge in [0.15, 0.2) is 0 Å². The molecular formula is C25H23F4N3O3. The summed E-state index contributed by atoms with van der Waals surface area (Å²) in [7, 11) is 0. The van der Waals surface area contributed by atoms with Gasteiger partial charge in [0.1, 0.15) is 5.82 Å². The van der Waals surface area contributed by atoms with Crippen molar-refractivity contribution in [3.8, 4) is 11.1 Å². The van der Waals surface area contributed by atoms with Crippen LogP contribution in [-0.4, -0.2) is 26.8 Å². The van der Waals surface area contributed by atoms with Gasteiger partial charge in [0.2, 0.25) is 5.91 Å². The molecule has 1 fully saturated rings. The van der Waals surface area contributed by atoms with E-state index in [1.807, 2.05) is 13.8 Å². The minimum atomic E-state index is -4.70. The topological polar surface area (TPSA) is 84.2 Å². The first-order valence-corrected chi connectivity index (χ1v) is 11.0. The van der Waals surface area contributed by atoms with Crippen LogP contribution < -0.4 is 5.32 Å². The number of hydrogen-bond acceptors (Lipinski definition) is 3. The van der Waals surface area contributed by atoms with E-state index < -0.39 is 34.8 Å². The molecule has 4 rings (SSSR count). The maximum Gasteiger partial charge on any atom is 0.416 e. The molecule has 1 heterocycles. The van der Waals surface area contributed by atoms with Crippen molar-refractivity contribution in [1.82, 2.24) is 9.78 Å². The predicted molar refractivity (Wildman–Crippen MR) is 120 cm³/mol. The van der Waals surface area contributed by atoms with E-state index in [-0.39, 0.29) is 29.7 Å². The van der Waals surface area contributed by atoms with E-state index in [0.29, 0.717) is 29.7 Å². The summed E-state index contributed by atoms with van der Waals surface area (Å²) in [5.41, 5.74) is -1.40. The Morgan fingerprint density at radius 2 is 1.89 bits per heavy atom. The molecule has 1 aliphatic carbocycles. The molecule has 10 heteroatoms. The molecule has 35 heavy (non-hydrogen) atoms. The van der Waals surface area contributed by atoms with Crippen molar-refractivity contribution in [1.29, 1.82) is 0 Å². The van der Waals surface area contributed by atoms with Crippen LogP contribution in [0.4, 0.5) is 23.2 Å². The highest BCUT2D eigenvalue weighted by molar-refractivity contribution is 6.03. The highest BCUT2D eigenvalue weighted by atomic mass is 19.4. The summed E-state index contributed by atoms with van der Waals surface area (Å²) in [6.07, 6.45) is -0.861. The number of nitrogens with one attached hydrogen (secondary N) is 1. The van der Waals surface area contributed by atoms with Crippen LogP contribution in [0.25, 0.3) is 11.1 Å². The monoisotopic (exact) mass is 489 g/mol. The normalized spacial score (nSPS) is 14.7. The summed E-state index contributed by atoms with van der Waals surface area (Å²) in [6.45, 7) is 4.73. The molecule has 0 atom stereocenters. The number of nitrogens with zero attached hydrogens (tertiary/aromatic N) is 2. The average molecular weight is 489 g/mol.